The molecule has 2 N–H and O–H groups in total. The van der Waals surface area contributed by atoms with Crippen LogP contribution in [0.1, 0.15) is 26.2 Å². The number of aromatic amines is 1. The second-order valence-electron chi connectivity index (χ2n) is 5.98. The van der Waals surface area contributed by atoms with E-state index in [1.54, 1.807) is 0 Å². The molecule has 0 radical (unpaired) electrons. The van der Waals surface area contributed by atoms with Gasteiger partial charge in [0.2, 0.25) is 0 Å². The maximum absolute atomic E-state index is 4.44. The van der Waals surface area contributed by atoms with Gasteiger partial charge in [0.1, 0.15) is 5.52 Å². The number of benzene rings is 1. The summed E-state index contributed by atoms with van der Waals surface area (Å²) in [7, 11) is 0. The lowest BCUT2D eigenvalue weighted by Crippen LogP contribution is -2.07. The normalized spacial score (nSPS) is 18.7. The van der Waals surface area contributed by atoms with Crippen LogP contribution in [0.15, 0.2) is 41.0 Å². The number of nitrogens with one attached hydrogen (secondary N) is 2. The Balaban J connectivity index is 1.52. The molecule has 6 heteroatoms. The zero-order chi connectivity index (χ0) is 15.6. The van der Waals surface area contributed by atoms with Crippen molar-refractivity contribution in [1.29, 1.82) is 0 Å². The average molecular weight is 306 g/mol. The number of nitrogens with zero attached hydrogens (tertiary/aromatic N) is 4. The molecule has 23 heavy (non-hydrogen) atoms. The van der Waals surface area contributed by atoms with Crippen LogP contribution < -0.4 is 5.43 Å². The van der Waals surface area contributed by atoms with Crippen molar-refractivity contribution in [2.75, 3.05) is 5.43 Å². The van der Waals surface area contributed by atoms with E-state index in [2.05, 4.69) is 43.7 Å². The molecule has 0 spiro atoms. The fourth-order valence-corrected chi connectivity index (χ4v) is 2.89. The predicted octanol–water partition coefficient (Wildman–Crippen LogP) is 3.65. The van der Waals surface area contributed by atoms with Gasteiger partial charge in [-0.25, -0.2) is 5.43 Å². The van der Waals surface area contributed by atoms with Gasteiger partial charge in [0.15, 0.2) is 5.65 Å². The third kappa shape index (κ3) is 2.79. The molecule has 1 atom stereocenters. The van der Waals surface area contributed by atoms with E-state index in [0.29, 0.717) is 11.9 Å². The molecule has 1 unspecified atom stereocenters. The summed E-state index contributed by atoms with van der Waals surface area (Å²) < 4.78 is 0. The summed E-state index contributed by atoms with van der Waals surface area (Å²) in [4.78, 5) is 7.69. The molecular formula is C17H18N6. The Bertz CT molecular complexity index is 908. The van der Waals surface area contributed by atoms with Crippen molar-refractivity contribution < 1.29 is 0 Å². The number of hydrogen-bond donors (Lipinski definition) is 2. The number of anilines is 1. The molecule has 1 aromatic carbocycles. The van der Waals surface area contributed by atoms with Crippen molar-refractivity contribution in [2.45, 2.75) is 26.2 Å². The van der Waals surface area contributed by atoms with Gasteiger partial charge in [-0.1, -0.05) is 29.8 Å². The number of hydrazone groups is 1. The third-order valence-electron chi connectivity index (χ3n) is 4.25. The van der Waals surface area contributed by atoms with Crippen LogP contribution in [0, 0.1) is 5.92 Å². The lowest BCUT2D eigenvalue weighted by molar-refractivity contribution is 0.607. The van der Waals surface area contributed by atoms with Gasteiger partial charge < -0.3 is 4.98 Å². The second kappa shape index (κ2) is 5.79. The van der Waals surface area contributed by atoms with Gasteiger partial charge in [0, 0.05) is 17.1 Å². The Morgan fingerprint density at radius 1 is 1.30 bits per heavy atom. The minimum atomic E-state index is 0.405. The summed E-state index contributed by atoms with van der Waals surface area (Å²) in [6.07, 6.45) is 7.58. The van der Waals surface area contributed by atoms with Crippen LogP contribution in [-0.2, 0) is 0 Å². The first-order chi connectivity index (χ1) is 11.3. The van der Waals surface area contributed by atoms with Gasteiger partial charge in [-0.2, -0.15) is 10.1 Å². The molecule has 4 rings (SSSR count). The number of fused-ring (bicyclic) bond motifs is 3. The SMILES string of the molecule is CC1=CCC(/C=N\Nc2nnc3c(n2)[nH]c2ccccc23)CC1. The molecule has 2 heterocycles. The van der Waals surface area contributed by atoms with Crippen molar-refractivity contribution in [2.24, 2.45) is 11.0 Å². The molecule has 2 aromatic heterocycles. The van der Waals surface area contributed by atoms with E-state index in [0.717, 1.165) is 41.3 Å². The summed E-state index contributed by atoms with van der Waals surface area (Å²) in [5, 5.41) is 13.7. The summed E-state index contributed by atoms with van der Waals surface area (Å²) in [6.45, 7) is 2.18. The standard InChI is InChI=1S/C17H18N6/c1-11-6-8-12(9-7-11)10-18-22-17-20-16-15(21-23-17)13-4-2-3-5-14(13)19-16/h2-6,10,12H,7-9H2,1H3,(H2,19,20,22,23)/b18-10-. The van der Waals surface area contributed by atoms with Crippen LogP contribution in [0.4, 0.5) is 5.95 Å². The van der Waals surface area contributed by atoms with E-state index in [1.165, 1.54) is 5.57 Å². The molecule has 0 amide bonds. The Morgan fingerprint density at radius 2 is 2.22 bits per heavy atom. The van der Waals surface area contributed by atoms with E-state index in [4.69, 9.17) is 0 Å². The van der Waals surface area contributed by atoms with Crippen LogP contribution in [0.3, 0.4) is 0 Å². The van der Waals surface area contributed by atoms with Crippen LogP contribution >= 0.6 is 0 Å². The minimum Gasteiger partial charge on any atom is -0.338 e. The first-order valence-electron chi connectivity index (χ1n) is 7.85. The van der Waals surface area contributed by atoms with Crippen LogP contribution in [0.5, 0.6) is 0 Å². The van der Waals surface area contributed by atoms with Gasteiger partial charge in [0.05, 0.1) is 0 Å². The molecule has 0 saturated heterocycles. The molecule has 3 aromatic rings. The zero-order valence-electron chi connectivity index (χ0n) is 13.0. The maximum atomic E-state index is 4.44. The van der Waals surface area contributed by atoms with E-state index in [-0.39, 0.29) is 0 Å². The molecule has 0 bridgehead atoms. The lowest BCUT2D eigenvalue weighted by Gasteiger charge is -2.15. The number of allylic oxidation sites excluding steroid dienone is 2. The number of para-hydroxylation sites is 1. The minimum absolute atomic E-state index is 0.405. The quantitative estimate of drug-likeness (QED) is 0.440. The highest BCUT2D eigenvalue weighted by Gasteiger charge is 2.10. The van der Waals surface area contributed by atoms with Crippen molar-refractivity contribution in [3.63, 3.8) is 0 Å². The summed E-state index contributed by atoms with van der Waals surface area (Å²) in [5.74, 6) is 0.888. The van der Waals surface area contributed by atoms with E-state index >= 15 is 0 Å². The van der Waals surface area contributed by atoms with Gasteiger partial charge in [-0.15, -0.1) is 10.2 Å². The maximum Gasteiger partial charge on any atom is 0.265 e. The first-order valence-corrected chi connectivity index (χ1v) is 7.85. The van der Waals surface area contributed by atoms with Crippen molar-refractivity contribution in [3.8, 4) is 0 Å². The largest absolute Gasteiger partial charge is 0.338 e. The Hall–Kier alpha value is -2.76. The fourth-order valence-electron chi connectivity index (χ4n) is 2.89. The summed E-state index contributed by atoms with van der Waals surface area (Å²) in [6, 6.07) is 7.97. The molecule has 0 aliphatic heterocycles. The lowest BCUT2D eigenvalue weighted by atomic mass is 9.91. The molecule has 0 saturated carbocycles. The molecule has 1 aliphatic carbocycles. The summed E-state index contributed by atoms with van der Waals surface area (Å²) in [5.41, 5.74) is 6.86. The Kier molecular flexibility index (Phi) is 3.49. The Morgan fingerprint density at radius 3 is 3.09 bits per heavy atom. The molecular weight excluding hydrogens is 288 g/mol. The smallest absolute Gasteiger partial charge is 0.265 e. The Labute approximate surface area is 133 Å². The van der Waals surface area contributed by atoms with E-state index in [9.17, 15) is 0 Å². The number of hydrogen-bond acceptors (Lipinski definition) is 5. The van der Waals surface area contributed by atoms with Gasteiger partial charge in [0.25, 0.3) is 5.95 Å². The first kappa shape index (κ1) is 13.9. The average Bonchev–Trinajstić information content (AvgIpc) is 2.94. The number of H-pyrrole nitrogens is 1. The third-order valence-corrected chi connectivity index (χ3v) is 4.25. The number of rotatable bonds is 3. The predicted molar refractivity (Wildman–Crippen MR) is 92.4 cm³/mol. The van der Waals surface area contributed by atoms with Gasteiger partial charge in [-0.3, -0.25) is 0 Å². The molecule has 1 aliphatic rings. The van der Waals surface area contributed by atoms with Gasteiger partial charge in [-0.05, 0) is 38.2 Å². The van der Waals surface area contributed by atoms with E-state index < -0.39 is 0 Å². The zero-order valence-corrected chi connectivity index (χ0v) is 13.0. The second-order valence-corrected chi connectivity index (χ2v) is 5.98. The molecule has 0 fully saturated rings. The molecule has 6 nitrogen and oxygen atoms in total. The highest BCUT2D eigenvalue weighted by atomic mass is 15.4. The molecule has 116 valence electrons. The van der Waals surface area contributed by atoms with Crippen molar-refractivity contribution in [1.82, 2.24) is 20.2 Å². The number of aromatic nitrogens is 4. The highest BCUT2D eigenvalue weighted by molar-refractivity contribution is 6.03. The highest BCUT2D eigenvalue weighted by Crippen LogP contribution is 2.22. The van der Waals surface area contributed by atoms with Crippen molar-refractivity contribution in [3.05, 3.63) is 35.9 Å². The van der Waals surface area contributed by atoms with Crippen LogP contribution in [0.25, 0.3) is 22.1 Å². The van der Waals surface area contributed by atoms with Gasteiger partial charge >= 0.3 is 0 Å². The van der Waals surface area contributed by atoms with Crippen molar-refractivity contribution >= 4 is 34.2 Å². The summed E-state index contributed by atoms with van der Waals surface area (Å²) >= 11 is 0. The monoisotopic (exact) mass is 306 g/mol. The topological polar surface area (TPSA) is 78.8 Å². The van der Waals surface area contributed by atoms with Crippen LogP contribution in [0.2, 0.25) is 0 Å². The van der Waals surface area contributed by atoms with Crippen LogP contribution in [-0.4, -0.2) is 26.4 Å². The van der Waals surface area contributed by atoms with E-state index in [1.807, 2.05) is 30.5 Å². The fraction of sp³-hybridized carbons (Fsp3) is 0.294.